The second-order valence-electron chi connectivity index (χ2n) is 4.95. The van der Waals surface area contributed by atoms with E-state index in [-0.39, 0.29) is 0 Å². The van der Waals surface area contributed by atoms with E-state index in [1.807, 2.05) is 0 Å². The van der Waals surface area contributed by atoms with Gasteiger partial charge in [-0.05, 0) is 12.8 Å². The largest absolute Gasteiger partial charge is 0.206 e. The molecule has 3 heteroatoms. The smallest absolute Gasteiger partial charge is 0.0853 e. The molecule has 1 aliphatic heterocycles. The quantitative estimate of drug-likeness (QED) is 0.585. The van der Waals surface area contributed by atoms with Gasteiger partial charge < -0.3 is 0 Å². The third-order valence-electron chi connectivity index (χ3n) is 3.30. The fourth-order valence-electron chi connectivity index (χ4n) is 2.19. The highest BCUT2D eigenvalue weighted by Crippen LogP contribution is 2.12. The minimum atomic E-state index is 0.653. The van der Waals surface area contributed by atoms with Crippen LogP contribution in [0.5, 0.6) is 0 Å². The van der Waals surface area contributed by atoms with Crippen molar-refractivity contribution in [3.63, 3.8) is 0 Å². The molecule has 0 spiro atoms. The van der Waals surface area contributed by atoms with Gasteiger partial charge in [-0.15, -0.1) is 0 Å². The lowest BCUT2D eigenvalue weighted by Gasteiger charge is -2.03. The zero-order valence-electron chi connectivity index (χ0n) is 11.1. The van der Waals surface area contributed by atoms with E-state index < -0.39 is 0 Å². The zero-order valence-corrected chi connectivity index (χ0v) is 11.1. The molecule has 1 rings (SSSR count). The Balaban J connectivity index is 2.01. The summed E-state index contributed by atoms with van der Waals surface area (Å²) in [6.45, 7) is 1.31. The molecule has 0 bridgehead atoms. The molecule has 1 heterocycles. The molecular weight excluding hydrogens is 216 g/mol. The van der Waals surface area contributed by atoms with E-state index in [1.54, 1.807) is 0 Å². The highest BCUT2D eigenvalue weighted by atomic mass is 17.5. The molecule has 0 atom stereocenters. The van der Waals surface area contributed by atoms with E-state index in [0.717, 1.165) is 12.8 Å². The summed E-state index contributed by atoms with van der Waals surface area (Å²) in [7, 11) is 0. The molecule has 0 unspecified atom stereocenters. The Bertz CT molecular complexity index is 80.9. The van der Waals surface area contributed by atoms with Crippen LogP contribution in [0.15, 0.2) is 0 Å². The van der Waals surface area contributed by atoms with Gasteiger partial charge in [0.15, 0.2) is 0 Å². The van der Waals surface area contributed by atoms with Crippen molar-refractivity contribution in [2.24, 2.45) is 0 Å². The minimum absolute atomic E-state index is 0.653. The molecule has 3 nitrogen and oxygen atoms in total. The molecule has 0 N–H and O–H groups in total. The van der Waals surface area contributed by atoms with Crippen LogP contribution in [0, 0.1) is 0 Å². The third-order valence-corrected chi connectivity index (χ3v) is 3.30. The Labute approximate surface area is 106 Å². The summed E-state index contributed by atoms with van der Waals surface area (Å²) in [4.78, 5) is 9.87. The first-order valence-corrected chi connectivity index (χ1v) is 7.41. The van der Waals surface area contributed by atoms with Crippen LogP contribution in [0.1, 0.15) is 77.0 Å². The maximum absolute atomic E-state index is 4.94. The van der Waals surface area contributed by atoms with Gasteiger partial charge in [0.1, 0.15) is 0 Å². The topological polar surface area (TPSA) is 27.7 Å². The molecule has 0 aliphatic carbocycles. The Hall–Kier alpha value is -0.120. The summed E-state index contributed by atoms with van der Waals surface area (Å²) in [6.07, 6.45) is 15.7. The van der Waals surface area contributed by atoms with Crippen LogP contribution < -0.4 is 0 Å². The lowest BCUT2D eigenvalue weighted by atomic mass is 10.1. The van der Waals surface area contributed by atoms with Crippen LogP contribution in [-0.2, 0) is 14.8 Å². The van der Waals surface area contributed by atoms with Crippen molar-refractivity contribution in [2.75, 3.05) is 13.2 Å². The fourth-order valence-corrected chi connectivity index (χ4v) is 2.19. The fraction of sp³-hybridized carbons (Fsp3) is 1.00. The van der Waals surface area contributed by atoms with E-state index >= 15 is 0 Å². The summed E-state index contributed by atoms with van der Waals surface area (Å²) in [6, 6.07) is 0. The second-order valence-corrected chi connectivity index (χ2v) is 4.95. The number of rotatable bonds is 0. The molecule has 1 fully saturated rings. The normalized spacial score (nSPS) is 24.0. The van der Waals surface area contributed by atoms with Gasteiger partial charge in [0.05, 0.1) is 13.2 Å². The molecular formula is C14H28O3. The molecule has 0 aromatic rings. The molecule has 0 aromatic heterocycles. The van der Waals surface area contributed by atoms with Crippen LogP contribution in [0.25, 0.3) is 0 Å². The molecule has 0 amide bonds. The van der Waals surface area contributed by atoms with Crippen molar-refractivity contribution in [2.45, 2.75) is 77.0 Å². The Morgan fingerprint density at radius 3 is 1.00 bits per heavy atom. The molecule has 17 heavy (non-hydrogen) atoms. The predicted octanol–water partition coefficient (Wildman–Crippen LogP) is 4.56. The van der Waals surface area contributed by atoms with Crippen molar-refractivity contribution in [3.05, 3.63) is 0 Å². The maximum Gasteiger partial charge on any atom is 0.0853 e. The summed E-state index contributed by atoms with van der Waals surface area (Å²) in [5, 5.41) is 4.66. The zero-order chi connectivity index (χ0) is 12.0. The molecule has 1 saturated heterocycles. The third kappa shape index (κ3) is 10.7. The standard InChI is InChI=1S/C14H28O3/c1-2-4-6-8-10-12-14-16-17-15-13-11-9-7-5-3-1/h1-14H2. The molecule has 1 aliphatic rings. The predicted molar refractivity (Wildman–Crippen MR) is 68.4 cm³/mol. The van der Waals surface area contributed by atoms with E-state index in [4.69, 9.17) is 9.78 Å². The van der Waals surface area contributed by atoms with Crippen LogP contribution in [0.3, 0.4) is 0 Å². The lowest BCUT2D eigenvalue weighted by Crippen LogP contribution is -2.00. The van der Waals surface area contributed by atoms with Crippen molar-refractivity contribution >= 4 is 0 Å². The minimum Gasteiger partial charge on any atom is -0.206 e. The van der Waals surface area contributed by atoms with Crippen LogP contribution in [0.4, 0.5) is 0 Å². The van der Waals surface area contributed by atoms with Gasteiger partial charge in [-0.3, -0.25) is 0 Å². The first kappa shape index (κ1) is 14.9. The maximum atomic E-state index is 4.94. The van der Waals surface area contributed by atoms with Crippen molar-refractivity contribution in [3.8, 4) is 0 Å². The highest BCUT2D eigenvalue weighted by molar-refractivity contribution is 4.48. The molecule has 0 aromatic carbocycles. The number of hydrogen-bond donors (Lipinski definition) is 0. The summed E-state index contributed by atoms with van der Waals surface area (Å²) in [5.41, 5.74) is 0. The van der Waals surface area contributed by atoms with Gasteiger partial charge in [0.2, 0.25) is 0 Å². The van der Waals surface area contributed by atoms with E-state index in [2.05, 4.69) is 5.04 Å². The van der Waals surface area contributed by atoms with E-state index in [1.165, 1.54) is 64.2 Å². The van der Waals surface area contributed by atoms with Crippen LogP contribution in [0.2, 0.25) is 0 Å². The summed E-state index contributed by atoms with van der Waals surface area (Å²) < 4.78 is 0. The Kier molecular flexibility index (Phi) is 10.8. The van der Waals surface area contributed by atoms with Gasteiger partial charge in [-0.1, -0.05) is 69.2 Å². The van der Waals surface area contributed by atoms with E-state index in [9.17, 15) is 0 Å². The second kappa shape index (κ2) is 12.3. The Morgan fingerprint density at radius 2 is 0.647 bits per heavy atom. The van der Waals surface area contributed by atoms with Crippen molar-refractivity contribution < 1.29 is 14.8 Å². The van der Waals surface area contributed by atoms with Gasteiger partial charge in [0, 0.05) is 0 Å². The highest BCUT2D eigenvalue weighted by Gasteiger charge is 1.96. The van der Waals surface area contributed by atoms with Gasteiger partial charge in [-0.2, -0.15) is 0 Å². The number of hydrogen-bond acceptors (Lipinski definition) is 3. The van der Waals surface area contributed by atoms with Gasteiger partial charge in [-0.25, -0.2) is 9.78 Å². The molecule has 102 valence electrons. The van der Waals surface area contributed by atoms with Gasteiger partial charge in [0.25, 0.3) is 0 Å². The average Bonchev–Trinajstić information content (AvgIpc) is 2.35. The first-order chi connectivity index (χ1) is 8.50. The van der Waals surface area contributed by atoms with Gasteiger partial charge >= 0.3 is 0 Å². The van der Waals surface area contributed by atoms with Crippen LogP contribution >= 0.6 is 0 Å². The molecule has 0 saturated carbocycles. The Morgan fingerprint density at radius 1 is 0.353 bits per heavy atom. The molecule has 0 radical (unpaired) electrons. The monoisotopic (exact) mass is 244 g/mol. The lowest BCUT2D eigenvalue weighted by molar-refractivity contribution is -0.512. The SMILES string of the molecule is C1CCCCCCCOOOCCCCCC1. The van der Waals surface area contributed by atoms with E-state index in [0.29, 0.717) is 13.2 Å². The van der Waals surface area contributed by atoms with Crippen LogP contribution in [-0.4, -0.2) is 13.2 Å². The first-order valence-electron chi connectivity index (χ1n) is 7.41. The van der Waals surface area contributed by atoms with Crippen molar-refractivity contribution in [1.29, 1.82) is 0 Å². The summed E-state index contributed by atoms with van der Waals surface area (Å²) >= 11 is 0. The average molecular weight is 244 g/mol. The van der Waals surface area contributed by atoms with Crippen molar-refractivity contribution in [1.82, 2.24) is 0 Å². The summed E-state index contributed by atoms with van der Waals surface area (Å²) in [5.74, 6) is 0.